The molecule has 14 N–H and O–H groups in total. The summed E-state index contributed by atoms with van der Waals surface area (Å²) >= 11 is 0. The normalized spacial score (nSPS) is 11.9. The van der Waals surface area contributed by atoms with Crippen LogP contribution >= 0.6 is 0 Å². The van der Waals surface area contributed by atoms with E-state index in [0.29, 0.717) is 0 Å². The molecule has 0 aliphatic heterocycles. The van der Waals surface area contributed by atoms with Gasteiger partial charge >= 0.3 is 0 Å². The first-order chi connectivity index (χ1) is 32.4. The van der Waals surface area contributed by atoms with E-state index in [4.69, 9.17) is 26.0 Å². The van der Waals surface area contributed by atoms with Gasteiger partial charge in [0.2, 0.25) is 41.4 Å². The number of unbranched alkanes of at least 4 members (excludes halogenated alkanes) is 9. The SMILES string of the molecule is CCCCC/C=N/NOCC(=O)NCCNC(=O)CC[C@H](N=C(N)N)C(=O)N[C@@H](CCC(=O)NCCNC(=O)CON/N=C/CCCCC)C(=O)NCCNC(=O)CON/N=C/CCCCC. The maximum atomic E-state index is 13.5. The zero-order chi connectivity index (χ0) is 49.6. The van der Waals surface area contributed by atoms with E-state index < -0.39 is 59.4 Å². The maximum absolute atomic E-state index is 13.5. The van der Waals surface area contributed by atoms with Crippen molar-refractivity contribution in [2.45, 2.75) is 136 Å². The first-order valence-electron chi connectivity index (χ1n) is 23.1. The third-order valence-electron chi connectivity index (χ3n) is 8.88. The molecule has 0 spiro atoms. The smallest absolute Gasteiger partial charge is 0.248 e. The number of aliphatic imine (C=N–C) groups is 1. The van der Waals surface area contributed by atoms with Crippen LogP contribution in [0.1, 0.15) is 124 Å². The van der Waals surface area contributed by atoms with Crippen molar-refractivity contribution in [3.05, 3.63) is 0 Å². The summed E-state index contributed by atoms with van der Waals surface area (Å²) in [5.41, 5.74) is 18.2. The minimum absolute atomic E-state index is 0.00316. The van der Waals surface area contributed by atoms with E-state index >= 15 is 0 Å². The lowest BCUT2D eigenvalue weighted by molar-refractivity contribution is -0.131. The van der Waals surface area contributed by atoms with Crippen LogP contribution in [0.5, 0.6) is 0 Å². The molecule has 382 valence electrons. The second-order valence-corrected chi connectivity index (χ2v) is 14.8. The van der Waals surface area contributed by atoms with Crippen LogP contribution in [-0.4, -0.2) is 137 Å². The third-order valence-corrected chi connectivity index (χ3v) is 8.88. The molecule has 0 aromatic heterocycles. The molecule has 2 atom stereocenters. The van der Waals surface area contributed by atoms with Crippen molar-refractivity contribution < 1.29 is 48.1 Å². The molecule has 0 aromatic rings. The molecule has 0 fully saturated rings. The summed E-state index contributed by atoms with van der Waals surface area (Å²) in [6.45, 7) is 5.60. The lowest BCUT2D eigenvalue weighted by Crippen LogP contribution is -2.51. The van der Waals surface area contributed by atoms with E-state index in [1.54, 1.807) is 18.6 Å². The van der Waals surface area contributed by atoms with Crippen LogP contribution in [0.4, 0.5) is 0 Å². The van der Waals surface area contributed by atoms with Gasteiger partial charge in [-0.3, -0.25) is 33.6 Å². The number of amides is 7. The molecule has 0 unspecified atom stereocenters. The Bertz CT molecular complexity index is 1520. The summed E-state index contributed by atoms with van der Waals surface area (Å²) in [5.74, 6) is -4.27. The number of nitrogens with zero attached hydrogens (tertiary/aromatic N) is 4. The minimum atomic E-state index is -1.30. The van der Waals surface area contributed by atoms with Crippen LogP contribution in [0.15, 0.2) is 20.3 Å². The predicted molar refractivity (Wildman–Crippen MR) is 253 cm³/mol. The highest BCUT2D eigenvalue weighted by Gasteiger charge is 2.27. The minimum Gasteiger partial charge on any atom is -0.370 e. The fourth-order valence-corrected chi connectivity index (χ4v) is 5.33. The standard InChI is InChI=1S/C41H78N16O10/c1-4-7-10-13-20-50-55-65-29-36(60)46-25-23-44-34(58)18-16-32(39(63)49-28-27-48-38(62)31-67-57-52-22-15-12-9-6-3)53-40(64)33(54-41(42)43)17-19-35(59)45-24-26-47-37(61)30-66-56-51-21-14-11-8-5-2/h20-22,32-33,55-57H,4-19,23-31H2,1-3H3,(H,44,58)(H,45,59)(H,46,60)(H,47,61)(H,48,62)(H,49,63)(H,53,64)(H4,42,43,54)/b50-20+,51-21+,52-22+/t32-,33-/m0/s1. The third kappa shape index (κ3) is 39.9. The molecule has 0 aliphatic carbocycles. The molecule has 67 heavy (non-hydrogen) atoms. The van der Waals surface area contributed by atoms with Gasteiger partial charge in [0.05, 0.1) is 0 Å². The quantitative estimate of drug-likeness (QED) is 0.0145. The van der Waals surface area contributed by atoms with Crippen LogP contribution in [0, 0.1) is 0 Å². The topological polar surface area (TPSA) is 369 Å². The molecule has 0 saturated carbocycles. The largest absolute Gasteiger partial charge is 0.370 e. The maximum Gasteiger partial charge on any atom is 0.248 e. The van der Waals surface area contributed by atoms with E-state index in [1.165, 1.54) is 0 Å². The number of hydrogen-bond donors (Lipinski definition) is 12. The van der Waals surface area contributed by atoms with Gasteiger partial charge in [-0.15, -0.1) is 0 Å². The Morgan fingerprint density at radius 2 is 0.836 bits per heavy atom. The average Bonchev–Trinajstić information content (AvgIpc) is 3.30. The Balaban J connectivity index is 5.15. The number of nitrogens with two attached hydrogens (primary N) is 2. The van der Waals surface area contributed by atoms with E-state index in [-0.39, 0.29) is 84.8 Å². The number of carbonyl (C=O) groups is 7. The van der Waals surface area contributed by atoms with Crippen LogP contribution in [0.25, 0.3) is 0 Å². The van der Waals surface area contributed by atoms with Crippen LogP contribution in [-0.2, 0) is 48.1 Å². The fraction of sp³-hybridized carbons (Fsp3) is 0.732. The van der Waals surface area contributed by atoms with E-state index in [2.05, 4.69) is 95.1 Å². The Morgan fingerprint density at radius 1 is 0.478 bits per heavy atom. The summed E-state index contributed by atoms with van der Waals surface area (Å²) < 4.78 is 0. The Kier molecular flexibility index (Phi) is 39.7. The number of hydrazone groups is 3. The number of rotatable bonds is 43. The number of nitrogens with one attached hydrogen (secondary N) is 10. The lowest BCUT2D eigenvalue weighted by Gasteiger charge is -2.21. The van der Waals surface area contributed by atoms with Gasteiger partial charge in [-0.2, -0.15) is 32.1 Å². The Hall–Kier alpha value is -6.15. The Labute approximate surface area is 393 Å². The van der Waals surface area contributed by atoms with Crippen molar-refractivity contribution in [1.29, 1.82) is 0 Å². The second-order valence-electron chi connectivity index (χ2n) is 14.8. The van der Waals surface area contributed by atoms with Gasteiger partial charge in [-0.05, 0) is 51.4 Å². The Morgan fingerprint density at radius 3 is 1.21 bits per heavy atom. The first-order valence-corrected chi connectivity index (χ1v) is 23.1. The van der Waals surface area contributed by atoms with Gasteiger partial charge in [-0.1, -0.05) is 59.3 Å². The van der Waals surface area contributed by atoms with Gasteiger partial charge in [-0.25, -0.2) is 19.5 Å². The van der Waals surface area contributed by atoms with Crippen molar-refractivity contribution in [2.75, 3.05) is 59.1 Å². The van der Waals surface area contributed by atoms with Crippen LogP contribution < -0.4 is 65.5 Å². The van der Waals surface area contributed by atoms with E-state index in [0.717, 1.165) is 77.0 Å². The zero-order valence-corrected chi connectivity index (χ0v) is 39.6. The predicted octanol–water partition coefficient (Wildman–Crippen LogP) is -1.37. The fourth-order valence-electron chi connectivity index (χ4n) is 5.33. The molecule has 0 heterocycles. The molecule has 26 heteroatoms. The second kappa shape index (κ2) is 43.7. The average molecular weight is 955 g/mol. The van der Waals surface area contributed by atoms with E-state index in [1.807, 2.05) is 0 Å². The van der Waals surface area contributed by atoms with Gasteiger partial charge in [0.25, 0.3) is 0 Å². The molecule has 0 bridgehead atoms. The summed E-state index contributed by atoms with van der Waals surface area (Å²) in [6, 6.07) is -2.58. The van der Waals surface area contributed by atoms with Crippen molar-refractivity contribution in [3.8, 4) is 0 Å². The lowest BCUT2D eigenvalue weighted by atomic mass is 10.1. The molecule has 0 aliphatic rings. The van der Waals surface area contributed by atoms with Crippen molar-refractivity contribution in [1.82, 2.24) is 54.0 Å². The first kappa shape index (κ1) is 60.9. The van der Waals surface area contributed by atoms with Crippen LogP contribution in [0.2, 0.25) is 0 Å². The van der Waals surface area contributed by atoms with Crippen molar-refractivity contribution in [2.24, 2.45) is 31.8 Å². The molecule has 0 saturated heterocycles. The van der Waals surface area contributed by atoms with Crippen molar-refractivity contribution >= 4 is 66.0 Å². The summed E-state index contributed by atoms with van der Waals surface area (Å²) in [7, 11) is 0. The monoisotopic (exact) mass is 955 g/mol. The molecular weight excluding hydrogens is 877 g/mol. The van der Waals surface area contributed by atoms with Crippen LogP contribution in [0.3, 0.4) is 0 Å². The summed E-state index contributed by atoms with van der Waals surface area (Å²) in [4.78, 5) is 107. The zero-order valence-electron chi connectivity index (χ0n) is 39.6. The van der Waals surface area contributed by atoms with Crippen molar-refractivity contribution in [3.63, 3.8) is 0 Å². The van der Waals surface area contributed by atoms with Gasteiger partial charge in [0.1, 0.15) is 12.1 Å². The summed E-state index contributed by atoms with van der Waals surface area (Å²) in [6.07, 6.45) is 16.1. The molecular formula is C41H78N16O10. The number of guanidine groups is 1. The molecule has 0 radical (unpaired) electrons. The molecule has 0 aromatic carbocycles. The van der Waals surface area contributed by atoms with Gasteiger partial charge in [0, 0.05) is 70.8 Å². The molecule has 26 nitrogen and oxygen atoms in total. The molecule has 7 amide bonds. The number of hydrogen-bond acceptors (Lipinski definition) is 17. The van der Waals surface area contributed by atoms with Gasteiger partial charge in [0.15, 0.2) is 25.8 Å². The highest BCUT2D eigenvalue weighted by molar-refractivity contribution is 5.92. The molecule has 0 rings (SSSR count). The van der Waals surface area contributed by atoms with E-state index in [9.17, 15) is 33.6 Å². The summed E-state index contributed by atoms with van der Waals surface area (Å²) in [5, 5.41) is 29.7. The van der Waals surface area contributed by atoms with Gasteiger partial charge < -0.3 is 48.7 Å². The highest BCUT2D eigenvalue weighted by atomic mass is 16.7. The highest BCUT2D eigenvalue weighted by Crippen LogP contribution is 2.06. The number of carbonyl (C=O) groups excluding carboxylic acids is 7.